The van der Waals surface area contributed by atoms with Crippen molar-refractivity contribution in [3.63, 3.8) is 0 Å². The summed E-state index contributed by atoms with van der Waals surface area (Å²) in [6.45, 7) is 2.01. The second-order valence-electron chi connectivity index (χ2n) is 4.53. The molecule has 0 amide bonds. The molecular weight excluding hydrogens is 382 g/mol. The van der Waals surface area contributed by atoms with Crippen molar-refractivity contribution in [1.29, 1.82) is 0 Å². The largest absolute Gasteiger partial charge is 0.439 e. The molecule has 0 spiro atoms. The van der Waals surface area contributed by atoms with Gasteiger partial charge in [-0.05, 0) is 63.5 Å². The molecule has 1 aromatic heterocycles. The third-order valence-electron chi connectivity index (χ3n) is 3.02. The first kappa shape index (κ1) is 13.6. The summed E-state index contributed by atoms with van der Waals surface area (Å²) in [5, 5.41) is 2.31. The maximum Gasteiger partial charge on any atom is 0.219 e. The Balaban J connectivity index is 1.94. The molecule has 4 heteroatoms. The van der Waals surface area contributed by atoms with Crippen molar-refractivity contribution in [2.24, 2.45) is 0 Å². The Kier molecular flexibility index (Phi) is 3.76. The van der Waals surface area contributed by atoms with Crippen LogP contribution in [0.5, 0.6) is 11.6 Å². The van der Waals surface area contributed by atoms with Gasteiger partial charge >= 0.3 is 0 Å². The summed E-state index contributed by atoms with van der Waals surface area (Å²) >= 11 is 6.91. The van der Waals surface area contributed by atoms with E-state index in [9.17, 15) is 0 Å². The van der Waals surface area contributed by atoms with Crippen molar-refractivity contribution in [1.82, 2.24) is 4.98 Å². The molecule has 0 unspecified atom stereocenters. The van der Waals surface area contributed by atoms with Gasteiger partial charge in [-0.2, -0.15) is 0 Å². The number of nitrogens with zero attached hydrogens (tertiary/aromatic N) is 1. The Hall–Kier alpha value is -1.39. The monoisotopic (exact) mass is 391 g/mol. The van der Waals surface area contributed by atoms with Gasteiger partial charge < -0.3 is 4.74 Å². The number of aromatic nitrogens is 1. The number of hydrogen-bond donors (Lipinski definition) is 0. The number of halogens is 2. The van der Waals surface area contributed by atoms with Crippen molar-refractivity contribution >= 4 is 42.6 Å². The van der Waals surface area contributed by atoms with Gasteiger partial charge in [0.25, 0.3) is 0 Å². The Bertz CT molecular complexity index is 787. The molecule has 0 saturated heterocycles. The summed E-state index contributed by atoms with van der Waals surface area (Å²) in [6.07, 6.45) is 1.75. The quantitative estimate of drug-likeness (QED) is 0.544. The van der Waals surface area contributed by atoms with Gasteiger partial charge in [0.2, 0.25) is 5.88 Å². The van der Waals surface area contributed by atoms with Gasteiger partial charge in [-0.3, -0.25) is 0 Å². The van der Waals surface area contributed by atoms with E-state index in [2.05, 4.69) is 49.0 Å². The van der Waals surface area contributed by atoms with Gasteiger partial charge in [-0.15, -0.1) is 0 Å². The summed E-state index contributed by atoms with van der Waals surface area (Å²) in [5.74, 6) is 1.39. The predicted molar refractivity (Wildman–Crippen MR) is 88.4 cm³/mol. The number of hydrogen-bond acceptors (Lipinski definition) is 2. The summed E-state index contributed by atoms with van der Waals surface area (Å²) in [5.41, 5.74) is 1.10. The molecule has 2 nitrogen and oxygen atoms in total. The normalized spacial score (nSPS) is 10.8. The standard InChI is InChI=1S/C16H11Br2NO/c1-10-6-16(19-9-15(10)18)20-14-5-3-11-7-13(17)4-2-12(11)8-14/h2-9H,1H3. The van der Waals surface area contributed by atoms with Gasteiger partial charge in [0, 0.05) is 21.2 Å². The second-order valence-corrected chi connectivity index (χ2v) is 6.30. The van der Waals surface area contributed by atoms with Gasteiger partial charge in [-0.25, -0.2) is 4.98 Å². The molecular formula is C16H11Br2NO. The van der Waals surface area contributed by atoms with Crippen LogP contribution in [0.15, 0.2) is 57.6 Å². The third-order valence-corrected chi connectivity index (χ3v) is 4.34. The zero-order chi connectivity index (χ0) is 14.1. The van der Waals surface area contributed by atoms with E-state index in [1.54, 1.807) is 6.20 Å². The van der Waals surface area contributed by atoms with E-state index in [1.165, 1.54) is 5.39 Å². The zero-order valence-corrected chi connectivity index (χ0v) is 13.9. The van der Waals surface area contributed by atoms with Gasteiger partial charge in [0.1, 0.15) is 5.75 Å². The van der Waals surface area contributed by atoms with Crippen molar-refractivity contribution < 1.29 is 4.74 Å². The molecule has 3 rings (SSSR count). The highest BCUT2D eigenvalue weighted by Gasteiger charge is 2.03. The van der Waals surface area contributed by atoms with Crippen molar-refractivity contribution in [3.8, 4) is 11.6 Å². The van der Waals surface area contributed by atoms with Crippen LogP contribution in [-0.2, 0) is 0 Å². The molecule has 0 N–H and O–H groups in total. The lowest BCUT2D eigenvalue weighted by molar-refractivity contribution is 0.463. The lowest BCUT2D eigenvalue weighted by Gasteiger charge is -2.07. The van der Waals surface area contributed by atoms with Crippen LogP contribution in [-0.4, -0.2) is 4.98 Å². The van der Waals surface area contributed by atoms with E-state index in [1.807, 2.05) is 37.3 Å². The first-order chi connectivity index (χ1) is 9.61. The van der Waals surface area contributed by atoms with Crippen LogP contribution in [0.3, 0.4) is 0 Å². The van der Waals surface area contributed by atoms with E-state index in [4.69, 9.17) is 4.74 Å². The number of aryl methyl sites for hydroxylation is 1. The van der Waals surface area contributed by atoms with E-state index in [0.717, 1.165) is 25.6 Å². The Morgan fingerprint density at radius 1 is 0.950 bits per heavy atom. The first-order valence-electron chi connectivity index (χ1n) is 6.11. The van der Waals surface area contributed by atoms with Crippen LogP contribution in [0, 0.1) is 6.92 Å². The smallest absolute Gasteiger partial charge is 0.219 e. The fraction of sp³-hybridized carbons (Fsp3) is 0.0625. The Morgan fingerprint density at radius 3 is 2.50 bits per heavy atom. The molecule has 100 valence electrons. The highest BCUT2D eigenvalue weighted by molar-refractivity contribution is 9.10. The van der Waals surface area contributed by atoms with Crippen LogP contribution in [0.2, 0.25) is 0 Å². The van der Waals surface area contributed by atoms with Crippen LogP contribution in [0.4, 0.5) is 0 Å². The molecule has 2 aromatic carbocycles. The number of ether oxygens (including phenoxy) is 1. The molecule has 0 aliphatic carbocycles. The van der Waals surface area contributed by atoms with Gasteiger partial charge in [0.05, 0.1) is 0 Å². The molecule has 0 aliphatic rings. The molecule has 0 saturated carbocycles. The highest BCUT2D eigenvalue weighted by Crippen LogP contribution is 2.28. The molecule has 0 radical (unpaired) electrons. The van der Waals surface area contributed by atoms with Crippen LogP contribution < -0.4 is 4.74 Å². The molecule has 0 bridgehead atoms. The molecule has 3 aromatic rings. The van der Waals surface area contributed by atoms with E-state index >= 15 is 0 Å². The van der Waals surface area contributed by atoms with Crippen molar-refractivity contribution in [2.75, 3.05) is 0 Å². The summed E-state index contributed by atoms with van der Waals surface area (Å²) in [7, 11) is 0. The molecule has 0 atom stereocenters. The topological polar surface area (TPSA) is 22.1 Å². The minimum Gasteiger partial charge on any atom is -0.439 e. The zero-order valence-electron chi connectivity index (χ0n) is 10.7. The number of pyridine rings is 1. The summed E-state index contributed by atoms with van der Waals surface area (Å²) in [4.78, 5) is 4.25. The van der Waals surface area contributed by atoms with E-state index in [0.29, 0.717) is 5.88 Å². The van der Waals surface area contributed by atoms with Crippen LogP contribution in [0.25, 0.3) is 10.8 Å². The fourth-order valence-corrected chi connectivity index (χ4v) is 2.54. The SMILES string of the molecule is Cc1cc(Oc2ccc3cc(Br)ccc3c2)ncc1Br. The Morgan fingerprint density at radius 2 is 1.70 bits per heavy atom. The maximum atomic E-state index is 5.81. The van der Waals surface area contributed by atoms with E-state index in [-0.39, 0.29) is 0 Å². The lowest BCUT2D eigenvalue weighted by Crippen LogP contribution is -1.89. The van der Waals surface area contributed by atoms with E-state index < -0.39 is 0 Å². The summed E-state index contributed by atoms with van der Waals surface area (Å²) in [6, 6.07) is 14.1. The first-order valence-corrected chi connectivity index (χ1v) is 7.70. The molecule has 0 fully saturated rings. The molecule has 20 heavy (non-hydrogen) atoms. The van der Waals surface area contributed by atoms with Gasteiger partial charge in [0.15, 0.2) is 0 Å². The minimum absolute atomic E-state index is 0.599. The van der Waals surface area contributed by atoms with Crippen LogP contribution >= 0.6 is 31.9 Å². The summed E-state index contributed by atoms with van der Waals surface area (Å²) < 4.78 is 7.86. The maximum absolute atomic E-state index is 5.81. The molecule has 0 aliphatic heterocycles. The predicted octanol–water partition coefficient (Wildman–Crippen LogP) is 5.86. The third kappa shape index (κ3) is 2.86. The minimum atomic E-state index is 0.599. The highest BCUT2D eigenvalue weighted by atomic mass is 79.9. The molecule has 1 heterocycles. The Labute approximate surface area is 134 Å². The second kappa shape index (κ2) is 5.54. The van der Waals surface area contributed by atoms with Crippen molar-refractivity contribution in [3.05, 3.63) is 63.2 Å². The average molecular weight is 393 g/mol. The lowest BCUT2D eigenvalue weighted by atomic mass is 10.1. The number of benzene rings is 2. The number of fused-ring (bicyclic) bond motifs is 1. The number of rotatable bonds is 2. The average Bonchev–Trinajstić information content (AvgIpc) is 2.43. The van der Waals surface area contributed by atoms with Gasteiger partial charge in [-0.1, -0.05) is 28.1 Å². The van der Waals surface area contributed by atoms with Crippen molar-refractivity contribution in [2.45, 2.75) is 6.92 Å². The van der Waals surface area contributed by atoms with Crippen LogP contribution in [0.1, 0.15) is 5.56 Å². The fourth-order valence-electron chi connectivity index (χ4n) is 1.95.